The van der Waals surface area contributed by atoms with E-state index in [2.05, 4.69) is 20.6 Å². The van der Waals surface area contributed by atoms with Crippen molar-refractivity contribution in [2.24, 2.45) is 0 Å². The second kappa shape index (κ2) is 6.66. The van der Waals surface area contributed by atoms with Crippen LogP contribution in [-0.2, 0) is 6.42 Å². The number of aromatic nitrogens is 2. The van der Waals surface area contributed by atoms with Gasteiger partial charge in [-0.1, -0.05) is 6.92 Å². The Morgan fingerprint density at radius 2 is 1.95 bits per heavy atom. The van der Waals surface area contributed by atoms with Crippen molar-refractivity contribution in [1.29, 1.82) is 5.26 Å². The van der Waals surface area contributed by atoms with Gasteiger partial charge in [-0.15, -0.1) is 0 Å². The molecule has 0 radical (unpaired) electrons. The molecule has 21 heavy (non-hydrogen) atoms. The number of rotatable bonds is 5. The van der Waals surface area contributed by atoms with E-state index in [0.29, 0.717) is 23.9 Å². The Bertz CT molecular complexity index is 678. The molecule has 0 unspecified atom stereocenters. The van der Waals surface area contributed by atoms with Crippen LogP contribution in [0.15, 0.2) is 24.3 Å². The molecule has 6 heteroatoms. The van der Waals surface area contributed by atoms with Gasteiger partial charge in [0, 0.05) is 19.0 Å². The Morgan fingerprint density at radius 3 is 2.57 bits per heavy atom. The molecule has 0 saturated heterocycles. The number of hydrogen-bond acceptors (Lipinski definition) is 5. The maximum Gasteiger partial charge on any atom is 0.147 e. The summed E-state index contributed by atoms with van der Waals surface area (Å²) >= 11 is 0. The normalized spacial score (nSPS) is 10.0. The zero-order chi connectivity index (χ0) is 15.2. The maximum atomic E-state index is 13.9. The first kappa shape index (κ1) is 14.7. The van der Waals surface area contributed by atoms with Gasteiger partial charge in [-0.2, -0.15) is 5.26 Å². The van der Waals surface area contributed by atoms with Gasteiger partial charge in [-0.25, -0.2) is 14.4 Å². The van der Waals surface area contributed by atoms with Crippen LogP contribution in [0.25, 0.3) is 0 Å². The highest BCUT2D eigenvalue weighted by Gasteiger charge is 2.07. The molecule has 2 N–H and O–H groups in total. The second-order valence-corrected chi connectivity index (χ2v) is 4.37. The summed E-state index contributed by atoms with van der Waals surface area (Å²) in [6.45, 7) is 4.67. The van der Waals surface area contributed by atoms with E-state index < -0.39 is 5.82 Å². The van der Waals surface area contributed by atoms with E-state index in [-0.39, 0.29) is 11.3 Å². The van der Waals surface area contributed by atoms with E-state index >= 15 is 0 Å². The summed E-state index contributed by atoms with van der Waals surface area (Å²) < 4.78 is 13.9. The van der Waals surface area contributed by atoms with Crippen molar-refractivity contribution < 1.29 is 4.39 Å². The average Bonchev–Trinajstić information content (AvgIpc) is 2.49. The maximum absolute atomic E-state index is 13.9. The molecule has 0 spiro atoms. The van der Waals surface area contributed by atoms with E-state index in [1.807, 2.05) is 19.9 Å². The molecule has 1 aromatic carbocycles. The molecule has 0 aliphatic carbocycles. The minimum absolute atomic E-state index is 0.275. The van der Waals surface area contributed by atoms with Crippen LogP contribution in [0.4, 0.5) is 21.7 Å². The first-order chi connectivity index (χ1) is 10.2. The van der Waals surface area contributed by atoms with Crippen LogP contribution in [0.3, 0.4) is 0 Å². The Labute approximate surface area is 122 Å². The fourth-order valence-corrected chi connectivity index (χ4v) is 1.81. The molecule has 5 nitrogen and oxygen atoms in total. The Hall–Kier alpha value is -2.68. The molecule has 0 bridgehead atoms. The molecule has 2 rings (SSSR count). The van der Waals surface area contributed by atoms with E-state index in [4.69, 9.17) is 5.26 Å². The zero-order valence-corrected chi connectivity index (χ0v) is 11.9. The highest BCUT2D eigenvalue weighted by molar-refractivity contribution is 5.60. The summed E-state index contributed by atoms with van der Waals surface area (Å²) in [6, 6.07) is 7.89. The molecule has 2 aromatic rings. The van der Waals surface area contributed by atoms with Crippen molar-refractivity contribution in [2.75, 3.05) is 17.2 Å². The van der Waals surface area contributed by atoms with Crippen molar-refractivity contribution in [3.05, 3.63) is 41.5 Å². The summed E-state index contributed by atoms with van der Waals surface area (Å²) in [7, 11) is 0. The lowest BCUT2D eigenvalue weighted by Gasteiger charge is -2.10. The van der Waals surface area contributed by atoms with Crippen LogP contribution in [0.5, 0.6) is 0 Å². The molecule has 0 aliphatic heterocycles. The number of anilines is 3. The van der Waals surface area contributed by atoms with Crippen molar-refractivity contribution in [3.8, 4) is 6.07 Å². The van der Waals surface area contributed by atoms with Gasteiger partial charge in [0.15, 0.2) is 0 Å². The SMILES string of the molecule is CCNc1cc(Nc2ccc(C#N)cc2F)nc(CC)n1. The smallest absolute Gasteiger partial charge is 0.147 e. The fourth-order valence-electron chi connectivity index (χ4n) is 1.81. The molecule has 0 fully saturated rings. The summed E-state index contributed by atoms with van der Waals surface area (Å²) in [5, 5.41) is 14.8. The average molecular weight is 285 g/mol. The first-order valence-electron chi connectivity index (χ1n) is 6.74. The number of aryl methyl sites for hydroxylation is 1. The Balaban J connectivity index is 2.30. The van der Waals surface area contributed by atoms with Crippen LogP contribution in [-0.4, -0.2) is 16.5 Å². The summed E-state index contributed by atoms with van der Waals surface area (Å²) in [4.78, 5) is 8.65. The third-order valence-electron chi connectivity index (χ3n) is 2.81. The molecular weight excluding hydrogens is 269 g/mol. The van der Waals surface area contributed by atoms with Gasteiger partial charge >= 0.3 is 0 Å². The number of halogens is 1. The predicted octanol–water partition coefficient (Wildman–Crippen LogP) is 3.23. The van der Waals surface area contributed by atoms with Gasteiger partial charge in [0.25, 0.3) is 0 Å². The zero-order valence-electron chi connectivity index (χ0n) is 11.9. The largest absolute Gasteiger partial charge is 0.370 e. The van der Waals surface area contributed by atoms with Crippen molar-refractivity contribution in [3.63, 3.8) is 0 Å². The molecular formula is C15H16FN5. The lowest BCUT2D eigenvalue weighted by atomic mass is 10.2. The minimum atomic E-state index is -0.490. The van der Waals surface area contributed by atoms with E-state index in [0.717, 1.165) is 6.54 Å². The molecule has 1 aromatic heterocycles. The summed E-state index contributed by atoms with van der Waals surface area (Å²) in [5.41, 5.74) is 0.556. The van der Waals surface area contributed by atoms with Crippen LogP contribution < -0.4 is 10.6 Å². The molecule has 0 aliphatic rings. The van der Waals surface area contributed by atoms with E-state index in [1.165, 1.54) is 12.1 Å². The van der Waals surface area contributed by atoms with Crippen LogP contribution in [0.2, 0.25) is 0 Å². The number of nitrogens with one attached hydrogen (secondary N) is 2. The Kier molecular flexibility index (Phi) is 4.67. The summed E-state index contributed by atoms with van der Waals surface area (Å²) in [6.07, 6.45) is 0.684. The van der Waals surface area contributed by atoms with Gasteiger partial charge < -0.3 is 10.6 Å². The van der Waals surface area contributed by atoms with Gasteiger partial charge in [-0.3, -0.25) is 0 Å². The fraction of sp³-hybridized carbons (Fsp3) is 0.267. The van der Waals surface area contributed by atoms with Gasteiger partial charge in [-0.05, 0) is 25.1 Å². The number of nitrogens with zero attached hydrogens (tertiary/aromatic N) is 3. The number of hydrogen-bond donors (Lipinski definition) is 2. The van der Waals surface area contributed by atoms with E-state index in [1.54, 1.807) is 12.1 Å². The molecule has 0 atom stereocenters. The van der Waals surface area contributed by atoms with Crippen molar-refractivity contribution >= 4 is 17.3 Å². The van der Waals surface area contributed by atoms with Gasteiger partial charge in [0.2, 0.25) is 0 Å². The third-order valence-corrected chi connectivity index (χ3v) is 2.81. The lowest BCUT2D eigenvalue weighted by molar-refractivity contribution is 0.631. The minimum Gasteiger partial charge on any atom is -0.370 e. The topological polar surface area (TPSA) is 73.6 Å². The molecule has 108 valence electrons. The molecule has 1 heterocycles. The summed E-state index contributed by atoms with van der Waals surface area (Å²) in [5.74, 6) is 1.39. The standard InChI is InChI=1S/C15H16FN5/c1-3-13-20-14(18-4-2)8-15(21-13)19-12-6-5-10(9-17)7-11(12)16/h5-8H,3-4H2,1-2H3,(H2,18,19,20,21). The van der Waals surface area contributed by atoms with E-state index in [9.17, 15) is 4.39 Å². The van der Waals surface area contributed by atoms with Crippen LogP contribution in [0, 0.1) is 17.1 Å². The van der Waals surface area contributed by atoms with Gasteiger partial charge in [0.1, 0.15) is 23.3 Å². The molecule has 0 amide bonds. The number of benzene rings is 1. The highest BCUT2D eigenvalue weighted by Crippen LogP contribution is 2.21. The number of nitriles is 1. The molecule has 0 saturated carbocycles. The van der Waals surface area contributed by atoms with Crippen molar-refractivity contribution in [2.45, 2.75) is 20.3 Å². The third kappa shape index (κ3) is 3.66. The van der Waals surface area contributed by atoms with Crippen molar-refractivity contribution in [1.82, 2.24) is 9.97 Å². The second-order valence-electron chi connectivity index (χ2n) is 4.37. The van der Waals surface area contributed by atoms with Crippen LogP contribution >= 0.6 is 0 Å². The first-order valence-corrected chi connectivity index (χ1v) is 6.74. The van der Waals surface area contributed by atoms with Gasteiger partial charge in [0.05, 0.1) is 17.3 Å². The lowest BCUT2D eigenvalue weighted by Crippen LogP contribution is -2.06. The quantitative estimate of drug-likeness (QED) is 0.882. The van der Waals surface area contributed by atoms with Crippen LogP contribution in [0.1, 0.15) is 25.2 Å². The highest BCUT2D eigenvalue weighted by atomic mass is 19.1. The Morgan fingerprint density at radius 1 is 1.19 bits per heavy atom. The predicted molar refractivity (Wildman–Crippen MR) is 80.0 cm³/mol. The monoisotopic (exact) mass is 285 g/mol.